The Morgan fingerprint density at radius 1 is 1.21 bits per heavy atom. The van der Waals surface area contributed by atoms with Crippen molar-refractivity contribution in [3.8, 4) is 0 Å². The molecule has 2 atom stereocenters. The molecule has 2 aliphatic rings. The van der Waals surface area contributed by atoms with Gasteiger partial charge in [0.05, 0.1) is 11.3 Å². The van der Waals surface area contributed by atoms with Crippen molar-refractivity contribution in [1.29, 1.82) is 0 Å². The Labute approximate surface area is 113 Å². The zero-order valence-electron chi connectivity index (χ0n) is 11.5. The number of hydrogen-bond donors (Lipinski definition) is 1. The monoisotopic (exact) mass is 267 g/mol. The van der Waals surface area contributed by atoms with Crippen molar-refractivity contribution in [3.63, 3.8) is 0 Å². The Kier molecular flexibility index (Phi) is 3.65. The van der Waals surface area contributed by atoms with Crippen LogP contribution < -0.4 is 0 Å². The number of likely N-dealkylation sites (tertiary alicyclic amines) is 1. The molecule has 19 heavy (non-hydrogen) atoms. The summed E-state index contributed by atoms with van der Waals surface area (Å²) < 4.78 is 0. The second-order valence-electron chi connectivity index (χ2n) is 5.95. The second-order valence-corrected chi connectivity index (χ2v) is 5.95. The molecule has 2 rings (SSSR count). The van der Waals surface area contributed by atoms with Gasteiger partial charge >= 0.3 is 5.97 Å². The third-order valence-electron chi connectivity index (χ3n) is 4.76. The van der Waals surface area contributed by atoms with Crippen molar-refractivity contribution in [2.24, 2.45) is 11.3 Å². The molecule has 2 unspecified atom stereocenters. The van der Waals surface area contributed by atoms with Crippen LogP contribution in [0.15, 0.2) is 0 Å². The van der Waals surface area contributed by atoms with Crippen LogP contribution in [0.4, 0.5) is 0 Å². The number of rotatable bonds is 3. The van der Waals surface area contributed by atoms with Crippen molar-refractivity contribution in [2.75, 3.05) is 0 Å². The normalized spacial score (nSPS) is 25.7. The van der Waals surface area contributed by atoms with Crippen molar-refractivity contribution in [2.45, 2.75) is 58.4 Å². The SMILES string of the molecule is CC(C(=O)O)C(C)N1C(=O)CC2(CCCCC2)C1=O. The minimum Gasteiger partial charge on any atom is -0.481 e. The van der Waals surface area contributed by atoms with Gasteiger partial charge < -0.3 is 5.11 Å². The van der Waals surface area contributed by atoms with Gasteiger partial charge in [0.2, 0.25) is 11.8 Å². The van der Waals surface area contributed by atoms with E-state index in [4.69, 9.17) is 5.11 Å². The number of carboxylic acids is 1. The van der Waals surface area contributed by atoms with E-state index in [0.717, 1.165) is 32.1 Å². The predicted molar refractivity (Wildman–Crippen MR) is 68.2 cm³/mol. The number of carbonyl (C=O) groups excluding carboxylic acids is 2. The highest BCUT2D eigenvalue weighted by atomic mass is 16.4. The molecule has 2 amide bonds. The Morgan fingerprint density at radius 3 is 2.32 bits per heavy atom. The van der Waals surface area contributed by atoms with E-state index >= 15 is 0 Å². The van der Waals surface area contributed by atoms with Gasteiger partial charge in [0.15, 0.2) is 0 Å². The first-order chi connectivity index (χ1) is 8.89. The fourth-order valence-corrected chi connectivity index (χ4v) is 3.28. The lowest BCUT2D eigenvalue weighted by atomic mass is 9.73. The van der Waals surface area contributed by atoms with Crippen LogP contribution in [0.1, 0.15) is 52.4 Å². The molecule has 1 aliphatic heterocycles. The van der Waals surface area contributed by atoms with E-state index in [1.807, 2.05) is 0 Å². The molecular weight excluding hydrogens is 246 g/mol. The summed E-state index contributed by atoms with van der Waals surface area (Å²) in [5, 5.41) is 9.04. The predicted octanol–water partition coefficient (Wildman–Crippen LogP) is 1.80. The van der Waals surface area contributed by atoms with E-state index < -0.39 is 23.3 Å². The molecule has 106 valence electrons. The fraction of sp³-hybridized carbons (Fsp3) is 0.786. The van der Waals surface area contributed by atoms with Gasteiger partial charge in [-0.2, -0.15) is 0 Å². The van der Waals surface area contributed by atoms with Crippen molar-refractivity contribution in [3.05, 3.63) is 0 Å². The molecule has 2 fully saturated rings. The maximum absolute atomic E-state index is 12.6. The number of carbonyl (C=O) groups is 3. The maximum atomic E-state index is 12.6. The molecule has 0 aromatic rings. The molecule has 0 radical (unpaired) electrons. The molecule has 5 heteroatoms. The average molecular weight is 267 g/mol. The fourth-order valence-electron chi connectivity index (χ4n) is 3.28. The molecule has 1 saturated carbocycles. The molecule has 1 heterocycles. The quantitative estimate of drug-likeness (QED) is 0.791. The molecule has 1 saturated heterocycles. The standard InChI is InChI=1S/C14H21NO4/c1-9(12(17)18)10(2)15-11(16)8-14(13(15)19)6-4-3-5-7-14/h9-10H,3-8H2,1-2H3,(H,17,18). The number of nitrogens with zero attached hydrogens (tertiary/aromatic N) is 1. The number of carboxylic acid groups (broad SMARTS) is 1. The molecule has 5 nitrogen and oxygen atoms in total. The van der Waals surface area contributed by atoms with Crippen molar-refractivity contribution < 1.29 is 19.5 Å². The molecule has 1 N–H and O–H groups in total. The summed E-state index contributed by atoms with van der Waals surface area (Å²) in [6, 6.07) is -0.571. The zero-order valence-corrected chi connectivity index (χ0v) is 11.5. The lowest BCUT2D eigenvalue weighted by molar-refractivity contribution is -0.150. The van der Waals surface area contributed by atoms with Crippen LogP contribution in [0.3, 0.4) is 0 Å². The Bertz CT molecular complexity index is 412. The minimum absolute atomic E-state index is 0.141. The van der Waals surface area contributed by atoms with Gasteiger partial charge in [-0.25, -0.2) is 0 Å². The molecule has 1 aliphatic carbocycles. The molecule has 0 bridgehead atoms. The van der Waals surface area contributed by atoms with Gasteiger partial charge in [-0.1, -0.05) is 19.3 Å². The largest absolute Gasteiger partial charge is 0.481 e. The topological polar surface area (TPSA) is 74.7 Å². The zero-order chi connectivity index (χ0) is 14.2. The van der Waals surface area contributed by atoms with E-state index in [-0.39, 0.29) is 18.2 Å². The van der Waals surface area contributed by atoms with Crippen LogP contribution >= 0.6 is 0 Å². The number of aliphatic carboxylic acids is 1. The smallest absolute Gasteiger partial charge is 0.308 e. The highest BCUT2D eigenvalue weighted by molar-refractivity contribution is 6.06. The molecule has 1 spiro atoms. The van der Waals surface area contributed by atoms with Gasteiger partial charge in [-0.3, -0.25) is 19.3 Å². The van der Waals surface area contributed by atoms with E-state index in [1.165, 1.54) is 4.90 Å². The van der Waals surface area contributed by atoms with Crippen molar-refractivity contribution >= 4 is 17.8 Å². The van der Waals surface area contributed by atoms with Crippen LogP contribution in [0.2, 0.25) is 0 Å². The highest BCUT2D eigenvalue weighted by Crippen LogP contribution is 2.46. The van der Waals surface area contributed by atoms with E-state index in [2.05, 4.69) is 0 Å². The summed E-state index contributed by atoms with van der Waals surface area (Å²) >= 11 is 0. The van der Waals surface area contributed by atoms with Gasteiger partial charge in [-0.05, 0) is 26.7 Å². The first-order valence-corrected chi connectivity index (χ1v) is 6.98. The van der Waals surface area contributed by atoms with Gasteiger partial charge in [0.25, 0.3) is 0 Å². The van der Waals surface area contributed by atoms with Crippen LogP contribution in [0.25, 0.3) is 0 Å². The van der Waals surface area contributed by atoms with E-state index in [0.29, 0.717) is 0 Å². The summed E-state index contributed by atoms with van der Waals surface area (Å²) in [7, 11) is 0. The van der Waals surface area contributed by atoms with Crippen LogP contribution in [0.5, 0.6) is 0 Å². The summed E-state index contributed by atoms with van der Waals surface area (Å²) in [4.78, 5) is 37.0. The molecule has 0 aromatic carbocycles. The first-order valence-electron chi connectivity index (χ1n) is 6.98. The van der Waals surface area contributed by atoms with Gasteiger partial charge in [0.1, 0.15) is 0 Å². The highest BCUT2D eigenvalue weighted by Gasteiger charge is 2.53. The minimum atomic E-state index is -0.974. The summed E-state index contributed by atoms with van der Waals surface area (Å²) in [6.07, 6.45) is 4.88. The third kappa shape index (κ3) is 2.26. The van der Waals surface area contributed by atoms with E-state index in [1.54, 1.807) is 13.8 Å². The summed E-state index contributed by atoms with van der Waals surface area (Å²) in [5.41, 5.74) is -0.526. The molecular formula is C14H21NO4. The summed E-state index contributed by atoms with van der Waals surface area (Å²) in [6.45, 7) is 3.19. The van der Waals surface area contributed by atoms with Crippen molar-refractivity contribution in [1.82, 2.24) is 4.90 Å². The van der Waals surface area contributed by atoms with Gasteiger partial charge in [0, 0.05) is 12.5 Å². The number of amides is 2. The molecule has 0 aromatic heterocycles. The van der Waals surface area contributed by atoms with Crippen LogP contribution in [-0.2, 0) is 14.4 Å². The Balaban J connectivity index is 2.21. The Hall–Kier alpha value is -1.39. The average Bonchev–Trinajstić information content (AvgIpc) is 2.60. The Morgan fingerprint density at radius 2 is 1.79 bits per heavy atom. The van der Waals surface area contributed by atoms with E-state index in [9.17, 15) is 14.4 Å². The second kappa shape index (κ2) is 4.94. The first kappa shape index (κ1) is 14.0. The lowest BCUT2D eigenvalue weighted by Gasteiger charge is -2.32. The number of hydrogen-bond acceptors (Lipinski definition) is 3. The lowest BCUT2D eigenvalue weighted by Crippen LogP contribution is -2.46. The third-order valence-corrected chi connectivity index (χ3v) is 4.76. The van der Waals surface area contributed by atoms with Crippen LogP contribution in [-0.4, -0.2) is 33.8 Å². The number of imide groups is 1. The van der Waals surface area contributed by atoms with Crippen LogP contribution in [0, 0.1) is 11.3 Å². The van der Waals surface area contributed by atoms with Gasteiger partial charge in [-0.15, -0.1) is 0 Å². The maximum Gasteiger partial charge on any atom is 0.308 e. The summed E-state index contributed by atoms with van der Waals surface area (Å²) in [5.74, 6) is -2.05.